The average Bonchev–Trinajstić information content (AvgIpc) is 2.81. The number of carbonyl (C=O) groups excluding carboxylic acids is 1. The van der Waals surface area contributed by atoms with E-state index in [1.807, 2.05) is 6.07 Å². The van der Waals surface area contributed by atoms with Crippen molar-refractivity contribution in [1.82, 2.24) is 5.32 Å². The summed E-state index contributed by atoms with van der Waals surface area (Å²) in [6.45, 7) is 2.28. The molecule has 0 aliphatic heterocycles. The van der Waals surface area contributed by atoms with Gasteiger partial charge in [0.2, 0.25) is 0 Å². The second-order valence-corrected chi connectivity index (χ2v) is 10.0. The SMILES string of the molecule is CCCCCCCCCCCCC(OC(=O)NCCCS(=O)(=O)[O-])c1ccc(OC)c(OC)c1.[Na+]. The maximum absolute atomic E-state index is 12.3. The predicted octanol–water partition coefficient (Wildman–Crippen LogP) is 2.72. The van der Waals surface area contributed by atoms with Gasteiger partial charge in [0.15, 0.2) is 11.5 Å². The summed E-state index contributed by atoms with van der Waals surface area (Å²) in [5.74, 6) is 0.621. The number of hydrogen-bond donors (Lipinski definition) is 1. The molecule has 1 aromatic carbocycles. The standard InChI is InChI=1S/C25H43NO7S.Na/c1-4-5-6-7-8-9-10-11-12-13-15-22(21-16-17-23(31-2)24(20-21)32-3)33-25(27)26-18-14-19-34(28,29)30;/h16-17,20,22H,4-15,18-19H2,1-3H3,(H,26,27)(H,28,29,30);/q;+1/p-1. The molecule has 0 aliphatic rings. The first kappa shape index (κ1) is 34.0. The van der Waals surface area contributed by atoms with Crippen molar-refractivity contribution in [2.75, 3.05) is 26.5 Å². The van der Waals surface area contributed by atoms with E-state index >= 15 is 0 Å². The molecule has 0 fully saturated rings. The first-order valence-electron chi connectivity index (χ1n) is 12.4. The van der Waals surface area contributed by atoms with Crippen LogP contribution in [0.5, 0.6) is 11.5 Å². The molecular formula is C25H42NNaO7S. The minimum absolute atomic E-state index is 0. The zero-order chi connectivity index (χ0) is 25.2. The first-order chi connectivity index (χ1) is 16.3. The van der Waals surface area contributed by atoms with Gasteiger partial charge in [-0.2, -0.15) is 0 Å². The third-order valence-corrected chi connectivity index (χ3v) is 6.48. The van der Waals surface area contributed by atoms with Crippen LogP contribution in [-0.2, 0) is 14.9 Å². The predicted molar refractivity (Wildman–Crippen MR) is 132 cm³/mol. The molecule has 1 rings (SSSR count). The molecule has 0 radical (unpaired) electrons. The summed E-state index contributed by atoms with van der Waals surface area (Å²) in [5.41, 5.74) is 0.797. The van der Waals surface area contributed by atoms with Gasteiger partial charge in [-0.15, -0.1) is 0 Å². The smallest absolute Gasteiger partial charge is 0.748 e. The largest absolute Gasteiger partial charge is 1.00 e. The molecule has 8 nitrogen and oxygen atoms in total. The Hall–Kier alpha value is -1.00. The van der Waals surface area contributed by atoms with Gasteiger partial charge in [-0.05, 0) is 37.0 Å². The maximum atomic E-state index is 12.3. The maximum Gasteiger partial charge on any atom is 1.00 e. The Labute approximate surface area is 233 Å². The van der Waals surface area contributed by atoms with Gasteiger partial charge in [0, 0.05) is 12.3 Å². The van der Waals surface area contributed by atoms with Gasteiger partial charge in [-0.3, -0.25) is 0 Å². The van der Waals surface area contributed by atoms with Crippen LogP contribution in [0.25, 0.3) is 0 Å². The number of methoxy groups -OCH3 is 2. The molecule has 1 amide bonds. The van der Waals surface area contributed by atoms with E-state index in [9.17, 15) is 17.8 Å². The van der Waals surface area contributed by atoms with E-state index in [4.69, 9.17) is 14.2 Å². The number of hydrogen-bond acceptors (Lipinski definition) is 7. The summed E-state index contributed by atoms with van der Waals surface area (Å²) in [4.78, 5) is 12.3. The number of carbonyl (C=O) groups is 1. The third kappa shape index (κ3) is 16.4. The van der Waals surface area contributed by atoms with Gasteiger partial charge in [0.05, 0.1) is 24.3 Å². The Morgan fingerprint density at radius 1 is 0.914 bits per heavy atom. The van der Waals surface area contributed by atoms with Crippen molar-refractivity contribution in [3.05, 3.63) is 23.8 Å². The van der Waals surface area contributed by atoms with E-state index in [1.54, 1.807) is 26.4 Å². The van der Waals surface area contributed by atoms with Crippen LogP contribution in [0.4, 0.5) is 4.79 Å². The molecule has 0 heterocycles. The summed E-state index contributed by atoms with van der Waals surface area (Å²) in [6, 6.07) is 5.43. The second kappa shape index (κ2) is 20.1. The van der Waals surface area contributed by atoms with Crippen molar-refractivity contribution in [3.8, 4) is 11.5 Å². The fraction of sp³-hybridized carbons (Fsp3) is 0.720. The van der Waals surface area contributed by atoms with E-state index in [-0.39, 0.29) is 42.5 Å². The van der Waals surface area contributed by atoms with Gasteiger partial charge >= 0.3 is 35.7 Å². The van der Waals surface area contributed by atoms with Crippen molar-refractivity contribution in [2.45, 2.75) is 90.1 Å². The molecule has 0 aromatic heterocycles. The average molecular weight is 524 g/mol. The summed E-state index contributed by atoms with van der Waals surface area (Å²) in [5, 5.41) is 2.53. The van der Waals surface area contributed by atoms with Crippen LogP contribution in [0.2, 0.25) is 0 Å². The number of benzene rings is 1. The van der Waals surface area contributed by atoms with Gasteiger partial charge in [-0.1, -0.05) is 70.8 Å². The van der Waals surface area contributed by atoms with E-state index in [1.165, 1.54) is 44.9 Å². The van der Waals surface area contributed by atoms with Crippen molar-refractivity contribution >= 4 is 16.2 Å². The molecule has 1 unspecified atom stereocenters. The van der Waals surface area contributed by atoms with E-state index in [2.05, 4.69) is 12.2 Å². The Bertz CT molecular complexity index is 805. The van der Waals surface area contributed by atoms with Crippen LogP contribution in [0.15, 0.2) is 18.2 Å². The zero-order valence-corrected chi connectivity index (χ0v) is 24.8. The third-order valence-electron chi connectivity index (χ3n) is 5.69. The Morgan fingerprint density at radius 2 is 1.49 bits per heavy atom. The molecule has 0 saturated carbocycles. The number of nitrogens with one attached hydrogen (secondary N) is 1. The molecule has 196 valence electrons. The summed E-state index contributed by atoms with van der Waals surface area (Å²) in [6.07, 6.45) is 11.7. The molecule has 10 heteroatoms. The van der Waals surface area contributed by atoms with Crippen LogP contribution < -0.4 is 44.3 Å². The molecule has 0 bridgehead atoms. The number of alkyl carbamates (subject to hydrolysis) is 1. The van der Waals surface area contributed by atoms with E-state index in [0.29, 0.717) is 17.9 Å². The van der Waals surface area contributed by atoms with Gasteiger partial charge in [0.1, 0.15) is 6.10 Å². The molecule has 35 heavy (non-hydrogen) atoms. The normalized spacial score (nSPS) is 11.9. The zero-order valence-electron chi connectivity index (χ0n) is 22.0. The Balaban J connectivity index is 0.0000116. The van der Waals surface area contributed by atoms with E-state index < -0.39 is 28.1 Å². The van der Waals surface area contributed by atoms with Gasteiger partial charge in [0.25, 0.3) is 0 Å². The number of ether oxygens (including phenoxy) is 3. The quantitative estimate of drug-likeness (QED) is 0.168. The van der Waals surface area contributed by atoms with Gasteiger partial charge < -0.3 is 24.1 Å². The van der Waals surface area contributed by atoms with Gasteiger partial charge in [-0.25, -0.2) is 13.2 Å². The van der Waals surface area contributed by atoms with Crippen molar-refractivity contribution < 1.29 is 61.5 Å². The van der Waals surface area contributed by atoms with E-state index in [0.717, 1.165) is 24.8 Å². The van der Waals surface area contributed by atoms with Crippen molar-refractivity contribution in [1.29, 1.82) is 0 Å². The van der Waals surface area contributed by atoms with Crippen LogP contribution in [0.1, 0.15) is 95.6 Å². The van der Waals surface area contributed by atoms with Crippen LogP contribution >= 0.6 is 0 Å². The minimum Gasteiger partial charge on any atom is -0.748 e. The summed E-state index contributed by atoms with van der Waals surface area (Å²) >= 11 is 0. The monoisotopic (exact) mass is 523 g/mol. The molecule has 0 aliphatic carbocycles. The van der Waals surface area contributed by atoms with Crippen molar-refractivity contribution in [3.63, 3.8) is 0 Å². The van der Waals surface area contributed by atoms with Crippen LogP contribution in [0, 0.1) is 0 Å². The van der Waals surface area contributed by atoms with Crippen molar-refractivity contribution in [2.24, 2.45) is 0 Å². The fourth-order valence-electron chi connectivity index (χ4n) is 3.77. The fourth-order valence-corrected chi connectivity index (χ4v) is 4.27. The molecule has 1 N–H and O–H groups in total. The molecule has 0 spiro atoms. The summed E-state index contributed by atoms with van der Waals surface area (Å²) in [7, 11) is -1.19. The van der Waals surface area contributed by atoms with Crippen LogP contribution in [-0.4, -0.2) is 45.6 Å². The Morgan fingerprint density at radius 3 is 2.03 bits per heavy atom. The molecule has 1 aromatic rings. The van der Waals surface area contributed by atoms with Crippen LogP contribution in [0.3, 0.4) is 0 Å². The number of amides is 1. The first-order valence-corrected chi connectivity index (χ1v) is 14.0. The minimum atomic E-state index is -4.30. The Kier molecular flexibility index (Phi) is 19.5. The molecule has 0 saturated heterocycles. The second-order valence-electron chi connectivity index (χ2n) is 8.52. The molecule has 1 atom stereocenters. The molecular weight excluding hydrogens is 481 g/mol. The number of rotatable bonds is 19. The topological polar surface area (TPSA) is 114 Å². The summed E-state index contributed by atoms with van der Waals surface area (Å²) < 4.78 is 48.4. The number of unbranched alkanes of at least 4 members (excludes halogenated alkanes) is 9.